The third-order valence-corrected chi connectivity index (χ3v) is 3.98. The van der Waals surface area contributed by atoms with E-state index in [0.29, 0.717) is 6.54 Å². The molecule has 0 atom stereocenters. The number of hydrogen-bond donors (Lipinski definition) is 1. The van der Waals surface area contributed by atoms with Crippen LogP contribution in [0.15, 0.2) is 60.9 Å². The molecular formula is C20H21N3O2. The van der Waals surface area contributed by atoms with Crippen molar-refractivity contribution < 1.29 is 9.53 Å². The largest absolute Gasteiger partial charge is 0.484 e. The Labute approximate surface area is 147 Å². The van der Waals surface area contributed by atoms with Crippen molar-refractivity contribution >= 4 is 5.91 Å². The molecule has 3 aromatic rings. The normalized spacial score (nSPS) is 10.5. The van der Waals surface area contributed by atoms with E-state index in [1.54, 1.807) is 6.20 Å². The highest BCUT2D eigenvalue weighted by Gasteiger charge is 2.05. The lowest BCUT2D eigenvalue weighted by Crippen LogP contribution is -2.28. The predicted octanol–water partition coefficient (Wildman–Crippen LogP) is 3.18. The zero-order chi connectivity index (χ0) is 17.6. The number of amides is 1. The Morgan fingerprint density at radius 3 is 2.56 bits per heavy atom. The summed E-state index contributed by atoms with van der Waals surface area (Å²) in [5, 5.41) is 2.87. The fourth-order valence-corrected chi connectivity index (χ4v) is 2.54. The number of hydrogen-bond acceptors (Lipinski definition) is 3. The third-order valence-electron chi connectivity index (χ3n) is 3.98. The standard InChI is InChI=1S/C20H21N3O2/c1-15-5-3-4-6-19(15)25-14-20(24)22-13-17-7-9-18(10-8-17)23-12-11-21-16(23)2/h3-12H,13-14H2,1-2H3,(H,22,24). The van der Waals surface area contributed by atoms with E-state index in [9.17, 15) is 4.79 Å². The molecule has 5 heteroatoms. The molecule has 0 aliphatic carbocycles. The summed E-state index contributed by atoms with van der Waals surface area (Å²) in [5.74, 6) is 1.53. The molecule has 0 aliphatic rings. The van der Waals surface area contributed by atoms with E-state index in [2.05, 4.69) is 10.3 Å². The van der Waals surface area contributed by atoms with Crippen molar-refractivity contribution in [2.45, 2.75) is 20.4 Å². The number of nitrogens with one attached hydrogen (secondary N) is 1. The van der Waals surface area contributed by atoms with Gasteiger partial charge in [-0.1, -0.05) is 30.3 Å². The van der Waals surface area contributed by atoms with Crippen molar-refractivity contribution in [3.63, 3.8) is 0 Å². The third kappa shape index (κ3) is 4.26. The number of carbonyl (C=O) groups excluding carboxylic acids is 1. The number of nitrogens with zero attached hydrogens (tertiary/aromatic N) is 2. The Morgan fingerprint density at radius 2 is 1.88 bits per heavy atom. The Kier molecular flexibility index (Phi) is 5.14. The van der Waals surface area contributed by atoms with Crippen molar-refractivity contribution in [1.82, 2.24) is 14.9 Å². The average molecular weight is 335 g/mol. The van der Waals surface area contributed by atoms with E-state index in [4.69, 9.17) is 4.74 Å². The first-order chi connectivity index (χ1) is 12.1. The van der Waals surface area contributed by atoms with E-state index in [1.807, 2.05) is 73.1 Å². The number of aromatic nitrogens is 2. The van der Waals surface area contributed by atoms with Gasteiger partial charge in [0.05, 0.1) is 0 Å². The van der Waals surface area contributed by atoms with Crippen LogP contribution in [0.5, 0.6) is 5.75 Å². The van der Waals surface area contributed by atoms with E-state index in [1.165, 1.54) is 0 Å². The minimum atomic E-state index is -0.141. The smallest absolute Gasteiger partial charge is 0.258 e. The van der Waals surface area contributed by atoms with Gasteiger partial charge in [-0.25, -0.2) is 4.98 Å². The number of para-hydroxylation sites is 1. The van der Waals surface area contributed by atoms with E-state index >= 15 is 0 Å². The van der Waals surface area contributed by atoms with Crippen molar-refractivity contribution in [1.29, 1.82) is 0 Å². The quantitative estimate of drug-likeness (QED) is 0.753. The summed E-state index contributed by atoms with van der Waals surface area (Å²) in [6.07, 6.45) is 3.70. The number of rotatable bonds is 6. The van der Waals surface area contributed by atoms with Gasteiger partial charge in [0.25, 0.3) is 5.91 Å². The Hall–Kier alpha value is -3.08. The summed E-state index contributed by atoms with van der Waals surface area (Å²) in [5.41, 5.74) is 3.10. The maximum absolute atomic E-state index is 12.0. The molecule has 0 fully saturated rings. The maximum atomic E-state index is 12.0. The summed E-state index contributed by atoms with van der Waals surface area (Å²) in [6, 6.07) is 15.7. The summed E-state index contributed by atoms with van der Waals surface area (Å²) >= 11 is 0. The molecule has 0 aliphatic heterocycles. The molecule has 1 amide bonds. The molecule has 0 saturated heterocycles. The number of ether oxygens (including phenoxy) is 1. The first-order valence-corrected chi connectivity index (χ1v) is 8.18. The topological polar surface area (TPSA) is 56.1 Å². The number of carbonyl (C=O) groups is 1. The minimum Gasteiger partial charge on any atom is -0.484 e. The fraction of sp³-hybridized carbons (Fsp3) is 0.200. The highest BCUT2D eigenvalue weighted by atomic mass is 16.5. The second kappa shape index (κ2) is 7.66. The molecule has 3 rings (SSSR count). The summed E-state index contributed by atoms with van der Waals surface area (Å²) in [4.78, 5) is 16.2. The van der Waals surface area contributed by atoms with Gasteiger partial charge in [-0.2, -0.15) is 0 Å². The molecule has 25 heavy (non-hydrogen) atoms. The Morgan fingerprint density at radius 1 is 1.12 bits per heavy atom. The van der Waals surface area contributed by atoms with Gasteiger partial charge < -0.3 is 14.6 Å². The summed E-state index contributed by atoms with van der Waals surface area (Å²) < 4.78 is 7.56. The Bertz CT molecular complexity index is 853. The van der Waals surface area contributed by atoms with Gasteiger partial charge in [0.1, 0.15) is 11.6 Å². The lowest BCUT2D eigenvalue weighted by atomic mass is 10.2. The van der Waals surface area contributed by atoms with Crippen LogP contribution in [0, 0.1) is 13.8 Å². The molecule has 5 nitrogen and oxygen atoms in total. The molecule has 0 unspecified atom stereocenters. The zero-order valence-electron chi connectivity index (χ0n) is 14.4. The van der Waals surface area contributed by atoms with Crippen LogP contribution in [-0.4, -0.2) is 22.1 Å². The SMILES string of the molecule is Cc1ccccc1OCC(=O)NCc1ccc(-n2ccnc2C)cc1. The van der Waals surface area contributed by atoms with Gasteiger partial charge in [-0.3, -0.25) is 4.79 Å². The summed E-state index contributed by atoms with van der Waals surface area (Å²) in [7, 11) is 0. The van der Waals surface area contributed by atoms with E-state index < -0.39 is 0 Å². The number of imidazole rings is 1. The molecule has 1 aromatic heterocycles. The van der Waals surface area contributed by atoms with Gasteiger partial charge in [0, 0.05) is 24.6 Å². The molecule has 1 heterocycles. The van der Waals surface area contributed by atoms with Gasteiger partial charge in [-0.15, -0.1) is 0 Å². The Balaban J connectivity index is 1.51. The molecule has 0 radical (unpaired) electrons. The van der Waals surface area contributed by atoms with Crippen LogP contribution < -0.4 is 10.1 Å². The van der Waals surface area contributed by atoms with Gasteiger partial charge >= 0.3 is 0 Å². The maximum Gasteiger partial charge on any atom is 0.258 e. The lowest BCUT2D eigenvalue weighted by molar-refractivity contribution is -0.123. The monoisotopic (exact) mass is 335 g/mol. The predicted molar refractivity (Wildman–Crippen MR) is 96.8 cm³/mol. The van der Waals surface area contributed by atoms with E-state index in [-0.39, 0.29) is 12.5 Å². The molecule has 0 saturated carbocycles. The molecule has 2 aromatic carbocycles. The summed E-state index contributed by atoms with van der Waals surface area (Å²) in [6.45, 7) is 4.40. The van der Waals surface area contributed by atoms with Gasteiger partial charge in [0.2, 0.25) is 0 Å². The zero-order valence-corrected chi connectivity index (χ0v) is 14.4. The first-order valence-electron chi connectivity index (χ1n) is 8.18. The second-order valence-electron chi connectivity index (χ2n) is 5.84. The van der Waals surface area contributed by atoms with Crippen LogP contribution in [-0.2, 0) is 11.3 Å². The van der Waals surface area contributed by atoms with E-state index in [0.717, 1.165) is 28.4 Å². The highest BCUT2D eigenvalue weighted by Crippen LogP contribution is 2.16. The molecule has 0 spiro atoms. The van der Waals surface area contributed by atoms with Crippen molar-refractivity contribution in [3.8, 4) is 11.4 Å². The first kappa shape index (κ1) is 16.8. The van der Waals surface area contributed by atoms with Gasteiger partial charge in [-0.05, 0) is 43.2 Å². The van der Waals surface area contributed by atoms with Crippen LogP contribution in [0.1, 0.15) is 17.0 Å². The van der Waals surface area contributed by atoms with Crippen LogP contribution in [0.25, 0.3) is 5.69 Å². The second-order valence-corrected chi connectivity index (χ2v) is 5.84. The fourth-order valence-electron chi connectivity index (χ4n) is 2.54. The molecule has 128 valence electrons. The van der Waals surface area contributed by atoms with Crippen LogP contribution in [0.2, 0.25) is 0 Å². The molecule has 1 N–H and O–H groups in total. The van der Waals surface area contributed by atoms with Crippen molar-refractivity contribution in [3.05, 3.63) is 77.9 Å². The van der Waals surface area contributed by atoms with Crippen molar-refractivity contribution in [2.24, 2.45) is 0 Å². The minimum absolute atomic E-state index is 0.0111. The molecular weight excluding hydrogens is 314 g/mol. The lowest BCUT2D eigenvalue weighted by Gasteiger charge is -2.10. The van der Waals surface area contributed by atoms with Crippen LogP contribution in [0.3, 0.4) is 0 Å². The van der Waals surface area contributed by atoms with Crippen LogP contribution >= 0.6 is 0 Å². The number of benzene rings is 2. The molecule has 0 bridgehead atoms. The van der Waals surface area contributed by atoms with Gasteiger partial charge in [0.15, 0.2) is 6.61 Å². The average Bonchev–Trinajstić information content (AvgIpc) is 3.06. The van der Waals surface area contributed by atoms with Crippen molar-refractivity contribution in [2.75, 3.05) is 6.61 Å². The van der Waals surface area contributed by atoms with Crippen LogP contribution in [0.4, 0.5) is 0 Å². The highest BCUT2D eigenvalue weighted by molar-refractivity contribution is 5.77. The number of aryl methyl sites for hydroxylation is 2.